The standard InChI is InChI=1S/C23H29N5O3/c1-15(14-27-11-3-4-12-27)28(24)23(31)17-8-5-7-16(13-17)20-22(30)25-18-9-6-10-19(29)21(18)26(20)2/h5-10,13,15,20,29H,3-4,11-12,14,24H2,1-2H3,(H,25,30). The molecule has 2 heterocycles. The lowest BCUT2D eigenvalue weighted by Gasteiger charge is -2.36. The van der Waals surface area contributed by atoms with Crippen LogP contribution in [-0.2, 0) is 4.79 Å². The lowest BCUT2D eigenvalue weighted by molar-refractivity contribution is -0.117. The van der Waals surface area contributed by atoms with E-state index in [1.807, 2.05) is 6.92 Å². The maximum Gasteiger partial charge on any atom is 0.268 e. The van der Waals surface area contributed by atoms with Crippen LogP contribution in [0, 0.1) is 0 Å². The Morgan fingerprint density at radius 2 is 1.97 bits per heavy atom. The first-order chi connectivity index (χ1) is 14.9. The number of hydrazine groups is 1. The molecule has 2 amide bonds. The number of anilines is 2. The Kier molecular flexibility index (Phi) is 5.84. The van der Waals surface area contributed by atoms with Crippen LogP contribution in [0.1, 0.15) is 41.7 Å². The van der Waals surface area contributed by atoms with E-state index in [0.29, 0.717) is 22.5 Å². The minimum absolute atomic E-state index is 0.0844. The van der Waals surface area contributed by atoms with Crippen molar-refractivity contribution in [1.82, 2.24) is 9.91 Å². The molecule has 0 spiro atoms. The highest BCUT2D eigenvalue weighted by Crippen LogP contribution is 2.42. The van der Waals surface area contributed by atoms with Crippen LogP contribution in [0.2, 0.25) is 0 Å². The second-order valence-corrected chi connectivity index (χ2v) is 8.37. The number of nitrogens with two attached hydrogens (primary N) is 1. The lowest BCUT2D eigenvalue weighted by Crippen LogP contribution is -2.49. The van der Waals surface area contributed by atoms with Gasteiger partial charge in [-0.25, -0.2) is 5.84 Å². The van der Waals surface area contributed by atoms with Gasteiger partial charge in [0.25, 0.3) is 11.8 Å². The number of likely N-dealkylation sites (N-methyl/N-ethyl adjacent to an activating group) is 1. The monoisotopic (exact) mass is 423 g/mol. The molecule has 0 aliphatic carbocycles. The first-order valence-corrected chi connectivity index (χ1v) is 10.6. The molecule has 4 rings (SSSR count). The Morgan fingerprint density at radius 3 is 2.71 bits per heavy atom. The summed E-state index contributed by atoms with van der Waals surface area (Å²) in [7, 11) is 1.75. The van der Waals surface area contributed by atoms with E-state index in [9.17, 15) is 14.7 Å². The van der Waals surface area contributed by atoms with Crippen molar-refractivity contribution in [1.29, 1.82) is 0 Å². The van der Waals surface area contributed by atoms with Gasteiger partial charge in [0.05, 0.1) is 11.7 Å². The van der Waals surface area contributed by atoms with E-state index in [-0.39, 0.29) is 23.6 Å². The van der Waals surface area contributed by atoms with E-state index in [1.54, 1.807) is 54.4 Å². The highest BCUT2D eigenvalue weighted by Gasteiger charge is 2.34. The molecule has 1 fully saturated rings. The zero-order chi connectivity index (χ0) is 22.1. The second kappa shape index (κ2) is 8.56. The molecule has 4 N–H and O–H groups in total. The average molecular weight is 424 g/mol. The maximum absolute atomic E-state index is 13.0. The fraction of sp³-hybridized carbons (Fsp3) is 0.391. The molecule has 0 aromatic heterocycles. The number of carbonyl (C=O) groups is 2. The zero-order valence-corrected chi connectivity index (χ0v) is 17.9. The fourth-order valence-corrected chi connectivity index (χ4v) is 4.50. The first kappa shape index (κ1) is 21.1. The van der Waals surface area contributed by atoms with Gasteiger partial charge in [-0.1, -0.05) is 18.2 Å². The second-order valence-electron chi connectivity index (χ2n) is 8.37. The number of para-hydroxylation sites is 1. The van der Waals surface area contributed by atoms with Crippen LogP contribution < -0.4 is 16.1 Å². The molecular formula is C23H29N5O3. The van der Waals surface area contributed by atoms with Gasteiger partial charge in [0.2, 0.25) is 0 Å². The Labute approximate surface area is 182 Å². The van der Waals surface area contributed by atoms with Crippen LogP contribution in [-0.4, -0.2) is 59.6 Å². The number of amides is 2. The number of hydrogen-bond acceptors (Lipinski definition) is 6. The van der Waals surface area contributed by atoms with Crippen molar-refractivity contribution in [2.45, 2.75) is 31.8 Å². The Morgan fingerprint density at radius 1 is 1.26 bits per heavy atom. The number of likely N-dealkylation sites (tertiary alicyclic amines) is 1. The normalized spacial score (nSPS) is 19.6. The number of aromatic hydroxyl groups is 1. The van der Waals surface area contributed by atoms with Crippen molar-refractivity contribution in [3.63, 3.8) is 0 Å². The smallest absolute Gasteiger partial charge is 0.268 e. The van der Waals surface area contributed by atoms with Gasteiger partial charge in [-0.3, -0.25) is 14.6 Å². The van der Waals surface area contributed by atoms with Crippen LogP contribution in [0.3, 0.4) is 0 Å². The first-order valence-electron chi connectivity index (χ1n) is 10.6. The zero-order valence-electron chi connectivity index (χ0n) is 17.9. The maximum atomic E-state index is 13.0. The summed E-state index contributed by atoms with van der Waals surface area (Å²) in [5.41, 5.74) is 2.18. The quantitative estimate of drug-likeness (QED) is 0.388. The van der Waals surface area contributed by atoms with Gasteiger partial charge in [0.1, 0.15) is 17.5 Å². The highest BCUT2D eigenvalue weighted by molar-refractivity contribution is 6.05. The summed E-state index contributed by atoms with van der Waals surface area (Å²) in [4.78, 5) is 29.9. The summed E-state index contributed by atoms with van der Waals surface area (Å²) in [5, 5.41) is 14.4. The number of carbonyl (C=O) groups excluding carboxylic acids is 2. The largest absolute Gasteiger partial charge is 0.506 e. The summed E-state index contributed by atoms with van der Waals surface area (Å²) in [6, 6.07) is 11.2. The molecule has 2 aliphatic heterocycles. The van der Waals surface area contributed by atoms with Gasteiger partial charge in [0, 0.05) is 19.2 Å². The molecule has 2 aliphatic rings. The Balaban J connectivity index is 1.56. The number of fused-ring (bicyclic) bond motifs is 1. The van der Waals surface area contributed by atoms with Crippen molar-refractivity contribution in [3.05, 3.63) is 53.6 Å². The lowest BCUT2D eigenvalue weighted by atomic mass is 9.98. The minimum atomic E-state index is -0.679. The van der Waals surface area contributed by atoms with E-state index in [2.05, 4.69) is 10.2 Å². The molecule has 31 heavy (non-hydrogen) atoms. The summed E-state index contributed by atoms with van der Waals surface area (Å²) in [5.74, 6) is 5.75. The van der Waals surface area contributed by atoms with E-state index >= 15 is 0 Å². The van der Waals surface area contributed by atoms with Crippen molar-refractivity contribution < 1.29 is 14.7 Å². The van der Waals surface area contributed by atoms with E-state index in [1.165, 1.54) is 17.9 Å². The third-order valence-electron chi connectivity index (χ3n) is 6.14. The molecule has 2 atom stereocenters. The number of phenols is 1. The van der Waals surface area contributed by atoms with Gasteiger partial charge >= 0.3 is 0 Å². The number of nitrogens with zero attached hydrogens (tertiary/aromatic N) is 3. The molecule has 8 nitrogen and oxygen atoms in total. The molecular weight excluding hydrogens is 394 g/mol. The highest BCUT2D eigenvalue weighted by atomic mass is 16.3. The molecule has 0 radical (unpaired) electrons. The van der Waals surface area contributed by atoms with Crippen LogP contribution in [0.4, 0.5) is 11.4 Å². The average Bonchev–Trinajstić information content (AvgIpc) is 3.25. The molecule has 164 valence electrons. The number of phenolic OH excluding ortho intramolecular Hbond substituents is 1. The topological polar surface area (TPSA) is 102 Å². The van der Waals surface area contributed by atoms with Crippen molar-refractivity contribution in [3.8, 4) is 5.75 Å². The molecule has 8 heteroatoms. The van der Waals surface area contributed by atoms with Gasteiger partial charge in [0.15, 0.2) is 0 Å². The number of nitrogens with one attached hydrogen (secondary N) is 1. The van der Waals surface area contributed by atoms with Gasteiger partial charge in [-0.05, 0) is 62.7 Å². The summed E-state index contributed by atoms with van der Waals surface area (Å²) < 4.78 is 0. The van der Waals surface area contributed by atoms with E-state index in [4.69, 9.17) is 5.84 Å². The summed E-state index contributed by atoms with van der Waals surface area (Å²) in [6.07, 6.45) is 2.37. The summed E-state index contributed by atoms with van der Waals surface area (Å²) >= 11 is 0. The van der Waals surface area contributed by atoms with Crippen LogP contribution in [0.15, 0.2) is 42.5 Å². The molecule has 2 aromatic carbocycles. The SMILES string of the molecule is CC(CN1CCCC1)N(N)C(=O)c1cccc(C2C(=O)Nc3cccc(O)c3N2C)c1. The molecule has 2 aromatic rings. The van der Waals surface area contributed by atoms with Gasteiger partial charge < -0.3 is 20.2 Å². The van der Waals surface area contributed by atoms with Crippen molar-refractivity contribution in [2.75, 3.05) is 36.9 Å². The minimum Gasteiger partial charge on any atom is -0.506 e. The van der Waals surface area contributed by atoms with E-state index < -0.39 is 6.04 Å². The number of benzene rings is 2. The van der Waals surface area contributed by atoms with Crippen LogP contribution in [0.5, 0.6) is 5.75 Å². The number of hydrogen-bond donors (Lipinski definition) is 3. The fourth-order valence-electron chi connectivity index (χ4n) is 4.50. The van der Waals surface area contributed by atoms with Gasteiger partial charge in [-0.15, -0.1) is 0 Å². The third kappa shape index (κ3) is 4.08. The molecule has 0 saturated carbocycles. The molecule has 1 saturated heterocycles. The number of rotatable bonds is 5. The molecule has 2 unspecified atom stereocenters. The molecule has 0 bridgehead atoms. The van der Waals surface area contributed by atoms with Crippen LogP contribution in [0.25, 0.3) is 0 Å². The Hall–Kier alpha value is -3.10. The predicted octanol–water partition coefficient (Wildman–Crippen LogP) is 2.32. The predicted molar refractivity (Wildman–Crippen MR) is 120 cm³/mol. The van der Waals surface area contributed by atoms with Crippen LogP contribution >= 0.6 is 0 Å². The third-order valence-corrected chi connectivity index (χ3v) is 6.14. The van der Waals surface area contributed by atoms with E-state index in [0.717, 1.165) is 19.6 Å². The van der Waals surface area contributed by atoms with Crippen molar-refractivity contribution in [2.24, 2.45) is 5.84 Å². The van der Waals surface area contributed by atoms with Crippen molar-refractivity contribution >= 4 is 23.2 Å². The Bertz CT molecular complexity index is 989. The van der Waals surface area contributed by atoms with Gasteiger partial charge in [-0.2, -0.15) is 0 Å². The summed E-state index contributed by atoms with van der Waals surface area (Å²) in [6.45, 7) is 4.77.